The van der Waals surface area contributed by atoms with Crippen LogP contribution in [0.4, 0.5) is 5.82 Å². The minimum Gasteiger partial charge on any atom is -0.307 e. The number of nitrogens with two attached hydrogens (primary N) is 1. The van der Waals surface area contributed by atoms with Crippen LogP contribution < -0.4 is 11.3 Å². The number of nitrogens with one attached hydrogen (secondary N) is 1. The highest BCUT2D eigenvalue weighted by molar-refractivity contribution is 5.37. The molecule has 2 rings (SSSR count). The number of aromatic nitrogens is 2. The maximum Gasteiger partial charge on any atom is 0.162 e. The van der Waals surface area contributed by atoms with Crippen LogP contribution in [0.15, 0.2) is 6.07 Å². The van der Waals surface area contributed by atoms with E-state index in [0.29, 0.717) is 5.82 Å². The Balaban J connectivity index is 2.32. The first-order valence-corrected chi connectivity index (χ1v) is 4.30. The number of hydrogen-bond donors (Lipinski definition) is 2. The zero-order valence-electron chi connectivity index (χ0n) is 7.62. The van der Waals surface area contributed by atoms with Gasteiger partial charge in [-0.3, -0.25) is 0 Å². The summed E-state index contributed by atoms with van der Waals surface area (Å²) >= 11 is 0. The second-order valence-corrected chi connectivity index (χ2v) is 3.33. The average molecular weight is 179 g/mol. The maximum absolute atomic E-state index is 5.25. The molecule has 1 aliphatic heterocycles. The molecule has 0 saturated heterocycles. The largest absolute Gasteiger partial charge is 0.307 e. The van der Waals surface area contributed by atoms with Gasteiger partial charge < -0.3 is 10.3 Å². The summed E-state index contributed by atoms with van der Waals surface area (Å²) in [6, 6.07) is 1.96. The molecule has 1 aromatic heterocycles. The second-order valence-electron chi connectivity index (χ2n) is 3.33. The Kier molecular flexibility index (Phi) is 2.12. The van der Waals surface area contributed by atoms with E-state index in [-0.39, 0.29) is 0 Å². The van der Waals surface area contributed by atoms with E-state index < -0.39 is 0 Å². The van der Waals surface area contributed by atoms with Gasteiger partial charge in [0, 0.05) is 19.5 Å². The number of nitrogen functional groups attached to an aromatic ring is 1. The number of fused-ring (bicyclic) bond motifs is 1. The summed E-state index contributed by atoms with van der Waals surface area (Å²) in [5.74, 6) is 5.88. The summed E-state index contributed by atoms with van der Waals surface area (Å²) in [7, 11) is 2.10. The van der Waals surface area contributed by atoms with Gasteiger partial charge in [-0.25, -0.2) is 5.84 Å². The Bertz CT molecular complexity index is 311. The SMILES string of the molecule is CN1CCc2nnc(NN)cc2C1. The van der Waals surface area contributed by atoms with E-state index in [1.54, 1.807) is 0 Å². The lowest BCUT2D eigenvalue weighted by atomic mass is 10.1. The van der Waals surface area contributed by atoms with Crippen LogP contribution in [-0.2, 0) is 13.0 Å². The fourth-order valence-electron chi connectivity index (χ4n) is 1.54. The Morgan fingerprint density at radius 2 is 2.38 bits per heavy atom. The van der Waals surface area contributed by atoms with Crippen LogP contribution in [0.3, 0.4) is 0 Å². The van der Waals surface area contributed by atoms with Crippen LogP contribution in [-0.4, -0.2) is 28.7 Å². The molecule has 0 bridgehead atoms. The van der Waals surface area contributed by atoms with Gasteiger partial charge in [-0.15, -0.1) is 5.10 Å². The Morgan fingerprint density at radius 1 is 1.54 bits per heavy atom. The molecule has 13 heavy (non-hydrogen) atoms. The molecular weight excluding hydrogens is 166 g/mol. The van der Waals surface area contributed by atoms with Crippen molar-refractivity contribution in [1.82, 2.24) is 15.1 Å². The minimum atomic E-state index is 0.633. The van der Waals surface area contributed by atoms with E-state index in [2.05, 4.69) is 27.6 Å². The molecule has 5 heteroatoms. The quantitative estimate of drug-likeness (QED) is 0.459. The molecular formula is C8H13N5. The maximum atomic E-state index is 5.25. The van der Waals surface area contributed by atoms with Crippen LogP contribution in [0.1, 0.15) is 11.3 Å². The molecule has 0 spiro atoms. The molecule has 0 atom stereocenters. The minimum absolute atomic E-state index is 0.633. The van der Waals surface area contributed by atoms with Crippen molar-refractivity contribution in [2.75, 3.05) is 19.0 Å². The summed E-state index contributed by atoms with van der Waals surface area (Å²) in [5, 5.41) is 8.04. The third-order valence-corrected chi connectivity index (χ3v) is 2.28. The molecule has 3 N–H and O–H groups in total. The molecule has 70 valence electrons. The highest BCUT2D eigenvalue weighted by Gasteiger charge is 2.14. The Hall–Kier alpha value is -1.20. The smallest absolute Gasteiger partial charge is 0.162 e. The molecule has 0 amide bonds. The highest BCUT2D eigenvalue weighted by Crippen LogP contribution is 2.16. The van der Waals surface area contributed by atoms with Crippen molar-refractivity contribution < 1.29 is 0 Å². The monoisotopic (exact) mass is 179 g/mol. The van der Waals surface area contributed by atoms with Crippen molar-refractivity contribution in [3.8, 4) is 0 Å². The van der Waals surface area contributed by atoms with Gasteiger partial charge in [0.25, 0.3) is 0 Å². The molecule has 1 aliphatic rings. The lowest BCUT2D eigenvalue weighted by Crippen LogP contribution is -2.28. The number of rotatable bonds is 1. The number of likely N-dealkylation sites (N-methyl/N-ethyl adjacent to an activating group) is 1. The van der Waals surface area contributed by atoms with Gasteiger partial charge in [0.1, 0.15) is 0 Å². The average Bonchev–Trinajstić information content (AvgIpc) is 2.16. The molecule has 0 aromatic carbocycles. The highest BCUT2D eigenvalue weighted by atomic mass is 15.3. The van der Waals surface area contributed by atoms with Crippen LogP contribution >= 0.6 is 0 Å². The predicted molar refractivity (Wildman–Crippen MR) is 49.9 cm³/mol. The first kappa shape index (κ1) is 8.40. The van der Waals surface area contributed by atoms with E-state index in [9.17, 15) is 0 Å². The Labute approximate surface area is 76.9 Å². The summed E-state index contributed by atoms with van der Waals surface area (Å²) in [6.45, 7) is 1.98. The first-order chi connectivity index (χ1) is 6.29. The summed E-state index contributed by atoms with van der Waals surface area (Å²) in [5.41, 5.74) is 4.81. The molecule has 0 saturated carbocycles. The van der Waals surface area contributed by atoms with E-state index in [1.165, 1.54) is 5.56 Å². The van der Waals surface area contributed by atoms with Crippen LogP contribution in [0.5, 0.6) is 0 Å². The van der Waals surface area contributed by atoms with Gasteiger partial charge in [0.05, 0.1) is 5.69 Å². The number of hydrazine groups is 1. The lowest BCUT2D eigenvalue weighted by Gasteiger charge is -2.23. The van der Waals surface area contributed by atoms with Crippen molar-refractivity contribution in [1.29, 1.82) is 0 Å². The van der Waals surface area contributed by atoms with Crippen molar-refractivity contribution >= 4 is 5.82 Å². The molecule has 5 nitrogen and oxygen atoms in total. The first-order valence-electron chi connectivity index (χ1n) is 4.30. The summed E-state index contributed by atoms with van der Waals surface area (Å²) in [6.07, 6.45) is 0.976. The zero-order valence-corrected chi connectivity index (χ0v) is 7.62. The van der Waals surface area contributed by atoms with E-state index in [0.717, 1.165) is 25.2 Å². The summed E-state index contributed by atoms with van der Waals surface area (Å²) < 4.78 is 0. The predicted octanol–water partition coefficient (Wildman–Crippen LogP) is -0.250. The standard InChI is InChI=1S/C8H13N5/c1-13-3-2-7-6(5-13)4-8(10-9)12-11-7/h4H,2-3,5,9H2,1H3,(H,10,12). The van der Waals surface area contributed by atoms with Crippen molar-refractivity contribution in [2.24, 2.45) is 5.84 Å². The molecule has 2 heterocycles. The van der Waals surface area contributed by atoms with Crippen molar-refractivity contribution in [2.45, 2.75) is 13.0 Å². The zero-order chi connectivity index (χ0) is 9.26. The molecule has 0 radical (unpaired) electrons. The van der Waals surface area contributed by atoms with Crippen LogP contribution in [0.2, 0.25) is 0 Å². The number of hydrogen-bond acceptors (Lipinski definition) is 5. The van der Waals surface area contributed by atoms with Gasteiger partial charge in [0.2, 0.25) is 0 Å². The molecule has 0 aliphatic carbocycles. The number of anilines is 1. The Morgan fingerprint density at radius 3 is 3.15 bits per heavy atom. The fourth-order valence-corrected chi connectivity index (χ4v) is 1.54. The normalized spacial score (nSPS) is 16.8. The van der Waals surface area contributed by atoms with Gasteiger partial charge in [0.15, 0.2) is 5.82 Å². The molecule has 0 unspecified atom stereocenters. The molecule has 0 fully saturated rings. The van der Waals surface area contributed by atoms with Crippen LogP contribution in [0.25, 0.3) is 0 Å². The van der Waals surface area contributed by atoms with Crippen molar-refractivity contribution in [3.63, 3.8) is 0 Å². The number of nitrogens with zero attached hydrogens (tertiary/aromatic N) is 3. The van der Waals surface area contributed by atoms with E-state index in [4.69, 9.17) is 5.84 Å². The fraction of sp³-hybridized carbons (Fsp3) is 0.500. The van der Waals surface area contributed by atoms with Gasteiger partial charge in [-0.2, -0.15) is 5.10 Å². The summed E-state index contributed by atoms with van der Waals surface area (Å²) in [4.78, 5) is 2.25. The second kappa shape index (κ2) is 3.27. The lowest BCUT2D eigenvalue weighted by molar-refractivity contribution is 0.309. The van der Waals surface area contributed by atoms with Gasteiger partial charge in [-0.1, -0.05) is 0 Å². The third-order valence-electron chi connectivity index (χ3n) is 2.28. The molecule has 1 aromatic rings. The third kappa shape index (κ3) is 1.61. The van der Waals surface area contributed by atoms with E-state index >= 15 is 0 Å². The van der Waals surface area contributed by atoms with Crippen molar-refractivity contribution in [3.05, 3.63) is 17.3 Å². The topological polar surface area (TPSA) is 67.1 Å². The van der Waals surface area contributed by atoms with Gasteiger partial charge >= 0.3 is 0 Å². The van der Waals surface area contributed by atoms with E-state index in [1.807, 2.05) is 6.07 Å². The van der Waals surface area contributed by atoms with Crippen LogP contribution in [0, 0.1) is 0 Å². The van der Waals surface area contributed by atoms with Gasteiger partial charge in [-0.05, 0) is 18.7 Å².